The van der Waals surface area contributed by atoms with Gasteiger partial charge in [-0.05, 0) is 44.2 Å². The first kappa shape index (κ1) is 18.4. The summed E-state index contributed by atoms with van der Waals surface area (Å²) in [6, 6.07) is 14.4. The van der Waals surface area contributed by atoms with Crippen LogP contribution in [0.2, 0.25) is 5.02 Å². The molecule has 2 rings (SSSR count). The molecule has 0 aliphatic carbocycles. The Hall–Kier alpha value is -1.98. The number of anilines is 1. The van der Waals surface area contributed by atoms with Crippen LogP contribution in [-0.4, -0.2) is 23.7 Å². The Labute approximate surface area is 150 Å². The van der Waals surface area contributed by atoms with Gasteiger partial charge in [-0.2, -0.15) is 0 Å². The SMILES string of the molecule is CCOC(=O)c1ccc(NC(=O)[C@@H](C)Sc2ccccc2)cc1Cl. The number of amides is 1. The summed E-state index contributed by atoms with van der Waals surface area (Å²) in [5, 5.41) is 2.78. The highest BCUT2D eigenvalue weighted by Gasteiger charge is 2.16. The lowest BCUT2D eigenvalue weighted by Gasteiger charge is -2.13. The molecule has 1 N–H and O–H groups in total. The van der Waals surface area contributed by atoms with Crippen LogP contribution in [0.4, 0.5) is 5.69 Å². The lowest BCUT2D eigenvalue weighted by atomic mass is 10.2. The Morgan fingerprint density at radius 3 is 2.54 bits per heavy atom. The molecule has 0 radical (unpaired) electrons. The zero-order chi connectivity index (χ0) is 17.5. The van der Waals surface area contributed by atoms with Crippen molar-refractivity contribution in [2.75, 3.05) is 11.9 Å². The quantitative estimate of drug-likeness (QED) is 0.600. The number of thioether (sulfide) groups is 1. The summed E-state index contributed by atoms with van der Waals surface area (Å²) in [5.74, 6) is -0.614. The number of hydrogen-bond donors (Lipinski definition) is 1. The van der Waals surface area contributed by atoms with E-state index in [9.17, 15) is 9.59 Å². The van der Waals surface area contributed by atoms with Crippen molar-refractivity contribution in [3.8, 4) is 0 Å². The first-order valence-electron chi connectivity index (χ1n) is 7.50. The van der Waals surface area contributed by atoms with Crippen molar-refractivity contribution in [2.45, 2.75) is 24.0 Å². The van der Waals surface area contributed by atoms with Crippen molar-refractivity contribution in [2.24, 2.45) is 0 Å². The Kier molecular flexibility index (Phi) is 6.70. The van der Waals surface area contributed by atoms with Crippen molar-refractivity contribution in [3.05, 3.63) is 59.1 Å². The lowest BCUT2D eigenvalue weighted by molar-refractivity contribution is -0.115. The largest absolute Gasteiger partial charge is 0.462 e. The minimum Gasteiger partial charge on any atom is -0.462 e. The highest BCUT2D eigenvalue weighted by molar-refractivity contribution is 8.00. The van der Waals surface area contributed by atoms with E-state index >= 15 is 0 Å². The number of ether oxygens (including phenoxy) is 1. The third-order valence-corrected chi connectivity index (χ3v) is 4.58. The average molecular weight is 364 g/mol. The zero-order valence-corrected chi connectivity index (χ0v) is 15.0. The average Bonchev–Trinajstić information content (AvgIpc) is 2.56. The molecule has 4 nitrogen and oxygen atoms in total. The molecule has 126 valence electrons. The molecule has 0 bridgehead atoms. The molecule has 2 aromatic carbocycles. The van der Waals surface area contributed by atoms with Crippen LogP contribution in [0.15, 0.2) is 53.4 Å². The van der Waals surface area contributed by atoms with E-state index in [2.05, 4.69) is 5.32 Å². The molecule has 1 atom stereocenters. The summed E-state index contributed by atoms with van der Waals surface area (Å²) < 4.78 is 4.92. The van der Waals surface area contributed by atoms with E-state index < -0.39 is 5.97 Å². The van der Waals surface area contributed by atoms with E-state index in [-0.39, 0.29) is 28.4 Å². The fourth-order valence-corrected chi connectivity index (χ4v) is 3.11. The number of halogens is 1. The summed E-state index contributed by atoms with van der Waals surface area (Å²) in [7, 11) is 0. The highest BCUT2D eigenvalue weighted by atomic mass is 35.5. The van der Waals surface area contributed by atoms with Crippen LogP contribution in [0.1, 0.15) is 24.2 Å². The number of benzene rings is 2. The van der Waals surface area contributed by atoms with Gasteiger partial charge in [0, 0.05) is 10.6 Å². The minimum absolute atomic E-state index is 0.135. The molecule has 0 heterocycles. The van der Waals surface area contributed by atoms with Gasteiger partial charge in [0.05, 0.1) is 22.4 Å². The smallest absolute Gasteiger partial charge is 0.339 e. The topological polar surface area (TPSA) is 55.4 Å². The zero-order valence-electron chi connectivity index (χ0n) is 13.4. The number of hydrogen-bond acceptors (Lipinski definition) is 4. The van der Waals surface area contributed by atoms with Crippen LogP contribution in [0.3, 0.4) is 0 Å². The summed E-state index contributed by atoms with van der Waals surface area (Å²) in [4.78, 5) is 25.0. The number of esters is 1. The van der Waals surface area contributed by atoms with Gasteiger partial charge in [-0.25, -0.2) is 4.79 Å². The van der Waals surface area contributed by atoms with Crippen molar-refractivity contribution < 1.29 is 14.3 Å². The molecular formula is C18H18ClNO3S. The highest BCUT2D eigenvalue weighted by Crippen LogP contribution is 2.25. The molecule has 2 aromatic rings. The Morgan fingerprint density at radius 1 is 1.21 bits per heavy atom. The van der Waals surface area contributed by atoms with Gasteiger partial charge in [0.25, 0.3) is 0 Å². The van der Waals surface area contributed by atoms with E-state index in [4.69, 9.17) is 16.3 Å². The van der Waals surface area contributed by atoms with E-state index in [1.165, 1.54) is 11.8 Å². The molecule has 0 spiro atoms. The molecule has 0 saturated carbocycles. The second-order valence-corrected chi connectivity index (χ2v) is 6.80. The molecular weight excluding hydrogens is 346 g/mol. The van der Waals surface area contributed by atoms with Gasteiger partial charge in [-0.3, -0.25) is 4.79 Å². The number of carbonyl (C=O) groups is 2. The van der Waals surface area contributed by atoms with Crippen LogP contribution in [0.25, 0.3) is 0 Å². The number of nitrogens with one attached hydrogen (secondary N) is 1. The third-order valence-electron chi connectivity index (χ3n) is 3.16. The van der Waals surface area contributed by atoms with Crippen molar-refractivity contribution in [1.29, 1.82) is 0 Å². The van der Waals surface area contributed by atoms with Crippen molar-refractivity contribution >= 4 is 40.9 Å². The molecule has 0 aliphatic rings. The predicted octanol–water partition coefficient (Wildman–Crippen LogP) is 4.64. The standard InChI is InChI=1S/C18H18ClNO3S/c1-3-23-18(22)15-10-9-13(11-16(15)19)20-17(21)12(2)24-14-7-5-4-6-8-14/h4-12H,3H2,1-2H3,(H,20,21)/t12-/m1/s1. The van der Waals surface area contributed by atoms with Gasteiger partial charge < -0.3 is 10.1 Å². The van der Waals surface area contributed by atoms with Gasteiger partial charge >= 0.3 is 5.97 Å². The molecule has 0 saturated heterocycles. The summed E-state index contributed by atoms with van der Waals surface area (Å²) >= 11 is 7.57. The van der Waals surface area contributed by atoms with Gasteiger partial charge in [-0.15, -0.1) is 11.8 Å². The van der Waals surface area contributed by atoms with Crippen molar-refractivity contribution in [3.63, 3.8) is 0 Å². The van der Waals surface area contributed by atoms with Gasteiger partial charge in [0.2, 0.25) is 5.91 Å². The monoisotopic (exact) mass is 363 g/mol. The number of rotatable bonds is 6. The van der Waals surface area contributed by atoms with Crippen molar-refractivity contribution in [1.82, 2.24) is 0 Å². The summed E-state index contributed by atoms with van der Waals surface area (Å²) in [6.45, 7) is 3.84. The summed E-state index contributed by atoms with van der Waals surface area (Å²) in [6.07, 6.45) is 0. The fraction of sp³-hybridized carbons (Fsp3) is 0.222. The van der Waals surface area contributed by atoms with E-state index in [1.807, 2.05) is 37.3 Å². The van der Waals surface area contributed by atoms with E-state index in [0.29, 0.717) is 5.69 Å². The second kappa shape index (κ2) is 8.76. The predicted molar refractivity (Wildman–Crippen MR) is 97.8 cm³/mol. The maximum atomic E-state index is 12.3. The first-order valence-corrected chi connectivity index (χ1v) is 8.76. The van der Waals surface area contributed by atoms with Crippen LogP contribution >= 0.6 is 23.4 Å². The van der Waals surface area contributed by atoms with Crippen LogP contribution in [0.5, 0.6) is 0 Å². The van der Waals surface area contributed by atoms with E-state index in [1.54, 1.807) is 25.1 Å². The van der Waals surface area contributed by atoms with Crippen LogP contribution < -0.4 is 5.32 Å². The molecule has 6 heteroatoms. The molecule has 0 aromatic heterocycles. The Morgan fingerprint density at radius 2 is 1.92 bits per heavy atom. The Bertz CT molecular complexity index is 721. The third kappa shape index (κ3) is 5.01. The van der Waals surface area contributed by atoms with E-state index in [0.717, 1.165) is 4.90 Å². The molecule has 24 heavy (non-hydrogen) atoms. The van der Waals surface area contributed by atoms with Crippen LogP contribution in [-0.2, 0) is 9.53 Å². The van der Waals surface area contributed by atoms with Gasteiger partial charge in [0.1, 0.15) is 0 Å². The van der Waals surface area contributed by atoms with Crippen LogP contribution in [0, 0.1) is 0 Å². The Balaban J connectivity index is 2.01. The van der Waals surface area contributed by atoms with Gasteiger partial charge in [-0.1, -0.05) is 29.8 Å². The molecule has 0 unspecified atom stereocenters. The minimum atomic E-state index is -0.478. The maximum absolute atomic E-state index is 12.3. The summed E-state index contributed by atoms with van der Waals surface area (Å²) in [5.41, 5.74) is 0.821. The fourth-order valence-electron chi connectivity index (χ4n) is 1.97. The number of carbonyl (C=O) groups excluding carboxylic acids is 2. The molecule has 1 amide bonds. The molecule has 0 fully saturated rings. The normalized spacial score (nSPS) is 11.6. The van der Waals surface area contributed by atoms with Gasteiger partial charge in [0.15, 0.2) is 0 Å². The second-order valence-electron chi connectivity index (χ2n) is 4.98. The lowest BCUT2D eigenvalue weighted by Crippen LogP contribution is -2.22. The molecule has 0 aliphatic heterocycles. The maximum Gasteiger partial charge on any atom is 0.339 e. The first-order chi connectivity index (χ1) is 11.5.